The molecule has 0 aliphatic carbocycles. The lowest BCUT2D eigenvalue weighted by atomic mass is 10.00. The molecule has 0 saturated carbocycles. The van der Waals surface area contributed by atoms with Crippen molar-refractivity contribution in [2.75, 3.05) is 25.1 Å². The second kappa shape index (κ2) is 8.47. The monoisotopic (exact) mass is 455 g/mol. The predicted molar refractivity (Wildman–Crippen MR) is 106 cm³/mol. The summed E-state index contributed by atoms with van der Waals surface area (Å²) >= 11 is 0. The van der Waals surface area contributed by atoms with E-state index in [0.29, 0.717) is 19.3 Å². The number of ether oxygens (including phenoxy) is 1. The van der Waals surface area contributed by atoms with E-state index in [1.165, 1.54) is 23.9 Å². The number of rotatable bonds is 7. The summed E-state index contributed by atoms with van der Waals surface area (Å²) in [5.41, 5.74) is -2.53. The lowest BCUT2D eigenvalue weighted by Gasteiger charge is -2.38. The number of anilines is 1. The van der Waals surface area contributed by atoms with Gasteiger partial charge in [-0.25, -0.2) is 4.39 Å². The number of benzene rings is 1. The zero-order valence-electron chi connectivity index (χ0n) is 17.5. The summed E-state index contributed by atoms with van der Waals surface area (Å²) in [6.45, 7) is 3.63. The minimum absolute atomic E-state index is 0.0364. The number of ketones is 2. The third-order valence-corrected chi connectivity index (χ3v) is 5.09. The Kier molecular flexibility index (Phi) is 6.25. The predicted octanol–water partition coefficient (Wildman–Crippen LogP) is 2.87. The zero-order chi connectivity index (χ0) is 23.8. The molecule has 172 valence electrons. The fraction of sp³-hybridized carbons (Fsp3) is 0.381. The molecule has 1 aliphatic heterocycles. The van der Waals surface area contributed by atoms with E-state index in [4.69, 9.17) is 4.74 Å². The summed E-state index contributed by atoms with van der Waals surface area (Å²) in [7, 11) is 1.44. The van der Waals surface area contributed by atoms with Crippen molar-refractivity contribution in [1.82, 2.24) is 9.88 Å². The molecule has 0 atom stereocenters. The van der Waals surface area contributed by atoms with Crippen molar-refractivity contribution >= 4 is 23.2 Å². The summed E-state index contributed by atoms with van der Waals surface area (Å²) < 4.78 is 59.2. The number of halogens is 4. The number of hydrogen-bond acceptors (Lipinski definition) is 5. The van der Waals surface area contributed by atoms with Gasteiger partial charge in [-0.2, -0.15) is 13.2 Å². The van der Waals surface area contributed by atoms with Crippen LogP contribution in [0.4, 0.5) is 23.2 Å². The molecule has 11 heteroatoms. The molecule has 0 radical (unpaired) electrons. The maximum atomic E-state index is 13.8. The van der Waals surface area contributed by atoms with Crippen molar-refractivity contribution < 1.29 is 36.7 Å². The van der Waals surface area contributed by atoms with E-state index >= 15 is 0 Å². The van der Waals surface area contributed by atoms with Crippen LogP contribution in [0.3, 0.4) is 0 Å². The Bertz CT molecular complexity index is 1090. The smallest absolute Gasteiger partial charge is 0.377 e. The van der Waals surface area contributed by atoms with Crippen LogP contribution in [0.25, 0.3) is 0 Å². The number of amides is 1. The standard InChI is InChI=1S/C21H21F4N3O4/c1-11-4-13(6-14(17(11)22)21(23,24)25)27-19(31)15-5-12(8-28(15)3)18(30)16(29)7-26-20(2)9-32-10-20/h4-6,8,26H,7,9-10H2,1-3H3,(H,27,31). The van der Waals surface area contributed by atoms with Gasteiger partial charge in [0.25, 0.3) is 5.91 Å². The molecule has 32 heavy (non-hydrogen) atoms. The van der Waals surface area contributed by atoms with E-state index in [0.717, 1.165) is 13.0 Å². The Balaban J connectivity index is 1.74. The highest BCUT2D eigenvalue weighted by molar-refractivity contribution is 6.44. The first kappa shape index (κ1) is 23.6. The fourth-order valence-corrected chi connectivity index (χ4v) is 3.20. The molecule has 2 heterocycles. The Morgan fingerprint density at radius 2 is 1.84 bits per heavy atom. The normalized spacial score (nSPS) is 15.2. The average Bonchev–Trinajstić information content (AvgIpc) is 3.07. The molecule has 3 rings (SSSR count). The van der Waals surface area contributed by atoms with E-state index in [1.54, 1.807) is 0 Å². The Labute approximate surface area is 180 Å². The van der Waals surface area contributed by atoms with Gasteiger partial charge in [0.2, 0.25) is 11.6 Å². The Hall–Kier alpha value is -3.05. The van der Waals surface area contributed by atoms with Crippen molar-refractivity contribution in [1.29, 1.82) is 0 Å². The van der Waals surface area contributed by atoms with Crippen molar-refractivity contribution in [2.45, 2.75) is 25.6 Å². The van der Waals surface area contributed by atoms with Crippen LogP contribution in [0.15, 0.2) is 24.4 Å². The van der Waals surface area contributed by atoms with Crippen LogP contribution in [0.1, 0.15) is 38.9 Å². The number of aryl methyl sites for hydroxylation is 2. The molecule has 1 aromatic carbocycles. The van der Waals surface area contributed by atoms with Gasteiger partial charge in [0.1, 0.15) is 11.5 Å². The second-order valence-corrected chi connectivity index (χ2v) is 7.99. The van der Waals surface area contributed by atoms with E-state index in [-0.39, 0.29) is 34.6 Å². The summed E-state index contributed by atoms with van der Waals surface area (Å²) in [6.07, 6.45) is -3.66. The van der Waals surface area contributed by atoms with Crippen LogP contribution in [-0.2, 0) is 22.8 Å². The molecule has 0 bridgehead atoms. The molecule has 0 spiro atoms. The van der Waals surface area contributed by atoms with Crippen molar-refractivity contribution in [3.05, 3.63) is 52.6 Å². The van der Waals surface area contributed by atoms with Crippen LogP contribution < -0.4 is 10.6 Å². The highest BCUT2D eigenvalue weighted by atomic mass is 19.4. The number of Topliss-reactive ketones (excluding diaryl/α,β-unsaturated/α-hetero) is 2. The Morgan fingerprint density at radius 3 is 2.41 bits per heavy atom. The van der Waals surface area contributed by atoms with E-state index in [9.17, 15) is 31.9 Å². The van der Waals surface area contributed by atoms with E-state index < -0.39 is 35.0 Å². The summed E-state index contributed by atoms with van der Waals surface area (Å²) in [5, 5.41) is 5.22. The van der Waals surface area contributed by atoms with Crippen molar-refractivity contribution in [2.24, 2.45) is 7.05 Å². The average molecular weight is 455 g/mol. The van der Waals surface area contributed by atoms with Gasteiger partial charge in [0, 0.05) is 24.5 Å². The molecule has 1 amide bonds. The summed E-state index contributed by atoms with van der Waals surface area (Å²) in [6, 6.07) is 2.73. The second-order valence-electron chi connectivity index (χ2n) is 7.99. The van der Waals surface area contributed by atoms with Gasteiger partial charge in [-0.15, -0.1) is 0 Å². The molecular weight excluding hydrogens is 434 g/mol. The summed E-state index contributed by atoms with van der Waals surface area (Å²) in [4.78, 5) is 37.2. The number of aromatic nitrogens is 1. The molecule has 1 saturated heterocycles. The number of nitrogens with zero attached hydrogens (tertiary/aromatic N) is 1. The van der Waals surface area contributed by atoms with Gasteiger partial charge in [0.05, 0.1) is 30.9 Å². The minimum atomic E-state index is -4.93. The van der Waals surface area contributed by atoms with Gasteiger partial charge >= 0.3 is 6.18 Å². The molecule has 2 N–H and O–H groups in total. The number of alkyl halides is 3. The lowest BCUT2D eigenvalue weighted by molar-refractivity contribution is -0.140. The first-order valence-electron chi connectivity index (χ1n) is 9.56. The quantitative estimate of drug-likeness (QED) is 0.381. The minimum Gasteiger partial charge on any atom is -0.377 e. The number of hydrogen-bond donors (Lipinski definition) is 2. The maximum Gasteiger partial charge on any atom is 0.419 e. The first-order chi connectivity index (χ1) is 14.8. The number of carbonyl (C=O) groups excluding carboxylic acids is 3. The zero-order valence-corrected chi connectivity index (χ0v) is 17.5. The molecule has 0 unspecified atom stereocenters. The molecule has 1 aromatic heterocycles. The molecule has 2 aromatic rings. The highest BCUT2D eigenvalue weighted by Crippen LogP contribution is 2.34. The first-order valence-corrected chi connectivity index (χ1v) is 9.56. The number of carbonyl (C=O) groups is 3. The van der Waals surface area contributed by atoms with Crippen LogP contribution in [0.5, 0.6) is 0 Å². The summed E-state index contributed by atoms with van der Waals surface area (Å²) in [5.74, 6) is -3.76. The van der Waals surface area contributed by atoms with Gasteiger partial charge in [-0.1, -0.05) is 0 Å². The highest BCUT2D eigenvalue weighted by Gasteiger charge is 2.36. The van der Waals surface area contributed by atoms with Crippen LogP contribution >= 0.6 is 0 Å². The third kappa shape index (κ3) is 4.89. The van der Waals surface area contributed by atoms with Crippen LogP contribution in [0.2, 0.25) is 0 Å². The van der Waals surface area contributed by atoms with Gasteiger partial charge < -0.3 is 19.9 Å². The Morgan fingerprint density at radius 1 is 1.19 bits per heavy atom. The molecular formula is C21H21F4N3O4. The third-order valence-electron chi connectivity index (χ3n) is 5.09. The van der Waals surface area contributed by atoms with E-state index in [1.807, 2.05) is 6.92 Å². The molecule has 1 fully saturated rings. The van der Waals surface area contributed by atoms with Gasteiger partial charge in [-0.3, -0.25) is 14.4 Å². The van der Waals surface area contributed by atoms with Crippen molar-refractivity contribution in [3.63, 3.8) is 0 Å². The van der Waals surface area contributed by atoms with E-state index in [2.05, 4.69) is 10.6 Å². The van der Waals surface area contributed by atoms with Crippen LogP contribution in [-0.4, -0.2) is 47.3 Å². The molecule has 1 aliphatic rings. The lowest BCUT2D eigenvalue weighted by Crippen LogP contribution is -2.59. The maximum absolute atomic E-state index is 13.8. The molecule has 7 nitrogen and oxygen atoms in total. The van der Waals surface area contributed by atoms with Crippen molar-refractivity contribution in [3.8, 4) is 0 Å². The topological polar surface area (TPSA) is 89.4 Å². The van der Waals surface area contributed by atoms with Gasteiger partial charge in [0.15, 0.2) is 0 Å². The van der Waals surface area contributed by atoms with Gasteiger partial charge in [-0.05, 0) is 37.6 Å². The SMILES string of the molecule is Cc1cc(NC(=O)c2cc(C(=O)C(=O)CNC3(C)COC3)cn2C)cc(C(F)(F)F)c1F. The number of nitrogens with one attached hydrogen (secondary N) is 2. The largest absolute Gasteiger partial charge is 0.419 e. The fourth-order valence-electron chi connectivity index (χ4n) is 3.20. The van der Waals surface area contributed by atoms with Crippen LogP contribution in [0, 0.1) is 12.7 Å².